The maximum Gasteiger partial charge on any atom is 0.331 e. The van der Waals surface area contributed by atoms with E-state index in [1.807, 2.05) is 0 Å². The number of amides is 4. The number of urea groups is 1. The van der Waals surface area contributed by atoms with E-state index in [4.69, 9.17) is 0 Å². The van der Waals surface area contributed by atoms with Crippen molar-refractivity contribution in [2.24, 2.45) is 5.41 Å². The van der Waals surface area contributed by atoms with Crippen LogP contribution in [-0.2, 0) is 9.59 Å². The smallest absolute Gasteiger partial charge is 0.277 e. The average Bonchev–Trinajstić information content (AvgIpc) is 3.19. The second kappa shape index (κ2) is 3.88. The van der Waals surface area contributed by atoms with Crippen LogP contribution >= 0.6 is 0 Å². The molecule has 2 fully saturated rings. The van der Waals surface area contributed by atoms with Crippen molar-refractivity contribution in [2.75, 3.05) is 0 Å². The van der Waals surface area contributed by atoms with Gasteiger partial charge < -0.3 is 0 Å². The van der Waals surface area contributed by atoms with Crippen LogP contribution in [0.2, 0.25) is 0 Å². The highest BCUT2D eigenvalue weighted by Crippen LogP contribution is 2.50. The Hall–Kier alpha value is -2.24. The molecule has 1 aromatic rings. The Kier molecular flexibility index (Phi) is 2.41. The summed E-state index contributed by atoms with van der Waals surface area (Å²) in [6, 6.07) is 4.16. The summed E-state index contributed by atoms with van der Waals surface area (Å²) in [4.78, 5) is 41.2. The lowest BCUT2D eigenvalue weighted by Crippen LogP contribution is -2.59. The number of nitrogens with one attached hydrogen (secondary N) is 1. The number of hydrogen-bond acceptors (Lipinski definition) is 4. The zero-order valence-corrected chi connectivity index (χ0v) is 10.4. The zero-order chi connectivity index (χ0) is 13.6. The largest absolute Gasteiger partial charge is 0.331 e. The van der Waals surface area contributed by atoms with Crippen molar-refractivity contribution in [2.45, 2.75) is 25.8 Å². The Morgan fingerprint density at radius 2 is 2.05 bits per heavy atom. The van der Waals surface area contributed by atoms with Crippen molar-refractivity contribution in [3.05, 3.63) is 30.1 Å². The van der Waals surface area contributed by atoms with Gasteiger partial charge in [0, 0.05) is 6.20 Å². The molecule has 0 bridgehead atoms. The molecule has 1 saturated carbocycles. The van der Waals surface area contributed by atoms with Crippen molar-refractivity contribution in [1.29, 1.82) is 0 Å². The second-order valence-electron chi connectivity index (χ2n) is 4.95. The molecule has 1 aromatic heterocycles. The summed E-state index contributed by atoms with van der Waals surface area (Å²) in [6.07, 6.45) is 2.63. The fourth-order valence-corrected chi connectivity index (χ4v) is 2.37. The molecule has 1 spiro atoms. The summed E-state index contributed by atoms with van der Waals surface area (Å²) in [5, 5.41) is 2.26. The number of carbonyl (C=O) groups is 3. The lowest BCUT2D eigenvalue weighted by atomic mass is 10.00. The first-order valence-electron chi connectivity index (χ1n) is 6.16. The highest BCUT2D eigenvalue weighted by molar-refractivity contribution is 6.21. The molecule has 1 N–H and O–H groups in total. The van der Waals surface area contributed by atoms with E-state index in [2.05, 4.69) is 10.3 Å². The number of hydrogen-bond donors (Lipinski definition) is 1. The Labute approximate surface area is 109 Å². The van der Waals surface area contributed by atoms with Crippen LogP contribution in [-0.4, -0.2) is 27.7 Å². The van der Waals surface area contributed by atoms with Gasteiger partial charge in [0.2, 0.25) is 11.8 Å². The summed E-state index contributed by atoms with van der Waals surface area (Å²) in [5.74, 6) is -0.869. The van der Waals surface area contributed by atoms with Crippen LogP contribution in [0.15, 0.2) is 24.4 Å². The molecule has 1 unspecified atom stereocenters. The van der Waals surface area contributed by atoms with E-state index < -0.39 is 29.3 Å². The Morgan fingerprint density at radius 3 is 2.63 bits per heavy atom. The number of carbonyl (C=O) groups excluding carboxylic acids is 3. The molecule has 2 heterocycles. The summed E-state index contributed by atoms with van der Waals surface area (Å²) in [5.41, 5.74) is -0.382. The molecule has 1 atom stereocenters. The SMILES string of the molecule is CC(c1ccccn1)N1C(=O)NC(=O)C2(CC2)C1=O. The van der Waals surface area contributed by atoms with Gasteiger partial charge in [0.1, 0.15) is 5.41 Å². The normalized spacial score (nSPS) is 22.4. The van der Waals surface area contributed by atoms with Gasteiger partial charge in [0.05, 0.1) is 11.7 Å². The molecule has 6 nitrogen and oxygen atoms in total. The van der Waals surface area contributed by atoms with Gasteiger partial charge in [0.25, 0.3) is 0 Å². The lowest BCUT2D eigenvalue weighted by Gasteiger charge is -2.34. The van der Waals surface area contributed by atoms with Gasteiger partial charge in [-0.2, -0.15) is 0 Å². The van der Waals surface area contributed by atoms with Crippen LogP contribution in [0.4, 0.5) is 4.79 Å². The molecule has 19 heavy (non-hydrogen) atoms. The first-order valence-corrected chi connectivity index (χ1v) is 6.16. The number of imide groups is 2. The van der Waals surface area contributed by atoms with Crippen LogP contribution in [0.5, 0.6) is 0 Å². The molecule has 0 aromatic carbocycles. The minimum atomic E-state index is -1.00. The van der Waals surface area contributed by atoms with E-state index >= 15 is 0 Å². The van der Waals surface area contributed by atoms with E-state index in [1.165, 1.54) is 0 Å². The van der Waals surface area contributed by atoms with Gasteiger partial charge in [-0.1, -0.05) is 6.07 Å². The molecule has 4 amide bonds. The monoisotopic (exact) mass is 259 g/mol. The molecule has 6 heteroatoms. The third-order valence-electron chi connectivity index (χ3n) is 3.76. The Balaban J connectivity index is 1.93. The molecule has 1 saturated heterocycles. The van der Waals surface area contributed by atoms with Crippen LogP contribution < -0.4 is 5.32 Å². The number of pyridine rings is 1. The summed E-state index contributed by atoms with van der Waals surface area (Å²) in [7, 11) is 0. The predicted molar refractivity (Wildman–Crippen MR) is 64.7 cm³/mol. The number of aromatic nitrogens is 1. The fraction of sp³-hybridized carbons (Fsp3) is 0.385. The maximum absolute atomic E-state index is 12.4. The minimum Gasteiger partial charge on any atom is -0.277 e. The zero-order valence-electron chi connectivity index (χ0n) is 10.4. The molecule has 0 radical (unpaired) electrons. The van der Waals surface area contributed by atoms with Gasteiger partial charge in [-0.3, -0.25) is 24.8 Å². The van der Waals surface area contributed by atoms with E-state index in [-0.39, 0.29) is 0 Å². The standard InChI is InChI=1S/C13H13N3O3/c1-8(9-4-2-3-7-14-9)16-11(18)13(5-6-13)10(17)15-12(16)19/h2-4,7-8H,5-6H2,1H3,(H,15,17,19). The molecular formula is C13H13N3O3. The van der Waals surface area contributed by atoms with Gasteiger partial charge in [-0.05, 0) is 31.9 Å². The topological polar surface area (TPSA) is 79.4 Å². The third-order valence-corrected chi connectivity index (χ3v) is 3.76. The van der Waals surface area contributed by atoms with Gasteiger partial charge in [0.15, 0.2) is 0 Å². The highest BCUT2D eigenvalue weighted by atomic mass is 16.2. The van der Waals surface area contributed by atoms with Crippen LogP contribution in [0.1, 0.15) is 31.5 Å². The van der Waals surface area contributed by atoms with Crippen molar-refractivity contribution in [3.8, 4) is 0 Å². The Morgan fingerprint density at radius 1 is 1.32 bits per heavy atom. The third kappa shape index (κ3) is 1.63. The summed E-state index contributed by atoms with van der Waals surface area (Å²) in [6.45, 7) is 1.73. The molecule has 2 aliphatic rings. The predicted octanol–water partition coefficient (Wildman–Crippen LogP) is 1.00. The van der Waals surface area contributed by atoms with Crippen LogP contribution in [0.25, 0.3) is 0 Å². The molecule has 1 aliphatic heterocycles. The lowest BCUT2D eigenvalue weighted by molar-refractivity contribution is -0.146. The van der Waals surface area contributed by atoms with Crippen molar-refractivity contribution in [1.82, 2.24) is 15.2 Å². The summed E-state index contributed by atoms with van der Waals surface area (Å²) >= 11 is 0. The van der Waals surface area contributed by atoms with Crippen molar-refractivity contribution >= 4 is 17.8 Å². The first-order chi connectivity index (χ1) is 9.06. The fourth-order valence-electron chi connectivity index (χ4n) is 2.37. The van der Waals surface area contributed by atoms with Crippen LogP contribution in [0, 0.1) is 5.41 Å². The number of nitrogens with zero attached hydrogens (tertiary/aromatic N) is 2. The van der Waals surface area contributed by atoms with Gasteiger partial charge in [-0.15, -0.1) is 0 Å². The average molecular weight is 259 g/mol. The van der Waals surface area contributed by atoms with E-state index in [0.717, 1.165) is 4.90 Å². The van der Waals surface area contributed by atoms with E-state index in [1.54, 1.807) is 31.3 Å². The molecular weight excluding hydrogens is 246 g/mol. The minimum absolute atomic E-state index is 0.403. The number of rotatable bonds is 2. The maximum atomic E-state index is 12.4. The van der Waals surface area contributed by atoms with E-state index in [0.29, 0.717) is 18.5 Å². The first kappa shape index (κ1) is 11.8. The Bertz CT molecular complexity index is 566. The van der Waals surface area contributed by atoms with Crippen LogP contribution in [0.3, 0.4) is 0 Å². The number of barbiturate groups is 1. The van der Waals surface area contributed by atoms with Gasteiger partial charge >= 0.3 is 6.03 Å². The molecule has 3 rings (SSSR count). The second-order valence-corrected chi connectivity index (χ2v) is 4.95. The van der Waals surface area contributed by atoms with Crippen molar-refractivity contribution in [3.63, 3.8) is 0 Å². The summed E-state index contributed by atoms with van der Waals surface area (Å²) < 4.78 is 0. The highest BCUT2D eigenvalue weighted by Gasteiger charge is 2.62. The molecule has 1 aliphatic carbocycles. The van der Waals surface area contributed by atoms with Gasteiger partial charge in [-0.25, -0.2) is 4.79 Å². The quantitative estimate of drug-likeness (QED) is 0.803. The van der Waals surface area contributed by atoms with E-state index in [9.17, 15) is 14.4 Å². The molecule has 98 valence electrons. The van der Waals surface area contributed by atoms with Crippen molar-refractivity contribution < 1.29 is 14.4 Å².